The summed E-state index contributed by atoms with van der Waals surface area (Å²) in [5.41, 5.74) is -1.56. The SMILES string of the molecule is CC(=O)OC1OC(C(OC(C)=O)C(C)(C)OC(C)=O)CC1C1CCC23CC12CCC1C2(C)CCC(OC(=O)c4ccccc4)C(C)(C)C2CC(OC(C)=O)C13C. The molecule has 0 bridgehead atoms. The number of carbonyl (C=O) groups excluding carboxylic acids is 5. The van der Waals surface area contributed by atoms with Crippen LogP contribution in [-0.4, -0.2) is 66.2 Å². The molecule has 56 heavy (non-hydrogen) atoms. The molecule has 0 radical (unpaired) electrons. The molecule has 0 spiro atoms. The highest BCUT2D eigenvalue weighted by molar-refractivity contribution is 5.89. The summed E-state index contributed by atoms with van der Waals surface area (Å²) in [6, 6.07) is 9.16. The van der Waals surface area contributed by atoms with Crippen LogP contribution < -0.4 is 0 Å². The highest BCUT2D eigenvalue weighted by Gasteiger charge is 2.86. The number of ether oxygens (including phenoxy) is 6. The molecular formula is C45H62O11. The Morgan fingerprint density at radius 3 is 2.05 bits per heavy atom. The molecule has 11 heteroatoms. The van der Waals surface area contributed by atoms with E-state index in [2.05, 4.69) is 27.7 Å². The Kier molecular flexibility index (Phi) is 10.1. The van der Waals surface area contributed by atoms with Gasteiger partial charge in [-0.2, -0.15) is 0 Å². The average Bonchev–Trinajstić information content (AvgIpc) is 3.44. The normalized spacial score (nSPS) is 41.0. The van der Waals surface area contributed by atoms with Crippen LogP contribution in [0, 0.1) is 50.7 Å². The van der Waals surface area contributed by atoms with E-state index in [0.717, 1.165) is 44.9 Å². The van der Waals surface area contributed by atoms with Crippen molar-refractivity contribution in [3.05, 3.63) is 35.9 Å². The van der Waals surface area contributed by atoms with Gasteiger partial charge in [-0.15, -0.1) is 0 Å². The van der Waals surface area contributed by atoms with Crippen molar-refractivity contribution in [1.82, 2.24) is 0 Å². The van der Waals surface area contributed by atoms with Gasteiger partial charge in [-0.1, -0.05) is 45.9 Å². The fraction of sp³-hybridized carbons (Fsp3) is 0.756. The van der Waals surface area contributed by atoms with Crippen LogP contribution in [0.25, 0.3) is 0 Å². The third-order valence-corrected chi connectivity index (χ3v) is 16.3. The van der Waals surface area contributed by atoms with E-state index in [9.17, 15) is 24.0 Å². The molecule has 5 saturated carbocycles. The summed E-state index contributed by atoms with van der Waals surface area (Å²) in [6.45, 7) is 18.3. The fourth-order valence-corrected chi connectivity index (χ4v) is 14.4. The molecule has 1 aromatic carbocycles. The largest absolute Gasteiger partial charge is 0.462 e. The smallest absolute Gasteiger partial charge is 0.338 e. The first-order chi connectivity index (χ1) is 26.1. The first-order valence-electron chi connectivity index (χ1n) is 20.8. The summed E-state index contributed by atoms with van der Waals surface area (Å²) in [7, 11) is 0. The molecule has 5 aliphatic carbocycles. The highest BCUT2D eigenvalue weighted by Crippen LogP contribution is 2.91. The van der Waals surface area contributed by atoms with E-state index in [1.54, 1.807) is 26.0 Å². The summed E-state index contributed by atoms with van der Waals surface area (Å²) >= 11 is 0. The Morgan fingerprint density at radius 2 is 1.43 bits per heavy atom. The van der Waals surface area contributed by atoms with Crippen LogP contribution >= 0.6 is 0 Å². The lowest BCUT2D eigenvalue weighted by Gasteiger charge is -2.68. The summed E-state index contributed by atoms with van der Waals surface area (Å²) < 4.78 is 36.7. The second-order valence-corrected chi connectivity index (χ2v) is 19.7. The van der Waals surface area contributed by atoms with Gasteiger partial charge in [-0.05, 0) is 118 Å². The summed E-state index contributed by atoms with van der Waals surface area (Å²) in [5.74, 6) is -1.67. The number of carbonyl (C=O) groups is 5. The van der Waals surface area contributed by atoms with E-state index in [1.165, 1.54) is 27.7 Å². The van der Waals surface area contributed by atoms with Crippen molar-refractivity contribution in [2.45, 2.75) is 163 Å². The maximum atomic E-state index is 13.3. The van der Waals surface area contributed by atoms with Crippen molar-refractivity contribution in [1.29, 1.82) is 0 Å². The highest BCUT2D eigenvalue weighted by atomic mass is 16.7. The number of benzene rings is 1. The summed E-state index contributed by atoms with van der Waals surface area (Å²) in [6.07, 6.45) is 4.64. The Morgan fingerprint density at radius 1 is 0.750 bits per heavy atom. The van der Waals surface area contributed by atoms with Gasteiger partial charge >= 0.3 is 29.8 Å². The zero-order valence-electron chi connectivity index (χ0n) is 34.9. The zero-order valence-corrected chi connectivity index (χ0v) is 34.9. The zero-order chi connectivity index (χ0) is 40.8. The van der Waals surface area contributed by atoms with Gasteiger partial charge in [0.15, 0.2) is 6.10 Å². The molecule has 0 N–H and O–H groups in total. The van der Waals surface area contributed by atoms with Gasteiger partial charge in [0.25, 0.3) is 0 Å². The number of rotatable bonds is 9. The second-order valence-electron chi connectivity index (χ2n) is 19.7. The standard InChI is InChI=1S/C45H62O11/c1-25(46)51-36-23-34-40(5,6)35(55-38(50)29-14-12-11-13-15-29)18-19-42(34,9)33-17-20-44-24-45(44,43(33,36)10)21-16-31(44)30-22-32(54-39(30)53-27(3)48)37(52-26(2)47)41(7,8)56-28(4)49/h11-15,30-37,39H,16-24H2,1-10H3. The minimum absolute atomic E-state index is 0.0680. The summed E-state index contributed by atoms with van der Waals surface area (Å²) in [5, 5.41) is 0. The van der Waals surface area contributed by atoms with Crippen molar-refractivity contribution in [2.75, 3.05) is 0 Å². The Hall–Kier alpha value is -3.47. The first kappa shape index (κ1) is 40.7. The molecule has 308 valence electrons. The molecule has 0 amide bonds. The lowest BCUT2D eigenvalue weighted by Crippen LogP contribution is -2.67. The lowest BCUT2D eigenvalue weighted by atomic mass is 9.37. The van der Waals surface area contributed by atoms with Crippen molar-refractivity contribution in [3.8, 4) is 0 Å². The fourth-order valence-electron chi connectivity index (χ4n) is 14.4. The molecular weight excluding hydrogens is 716 g/mol. The van der Waals surface area contributed by atoms with E-state index in [4.69, 9.17) is 28.4 Å². The third-order valence-electron chi connectivity index (χ3n) is 16.3. The molecule has 1 aliphatic heterocycles. The van der Waals surface area contributed by atoms with Crippen LogP contribution in [-0.2, 0) is 47.6 Å². The van der Waals surface area contributed by atoms with Crippen molar-refractivity contribution in [3.63, 3.8) is 0 Å². The van der Waals surface area contributed by atoms with Gasteiger partial charge in [0.1, 0.15) is 23.9 Å². The molecule has 6 aliphatic rings. The Labute approximate surface area is 331 Å². The van der Waals surface area contributed by atoms with Crippen LogP contribution in [0.3, 0.4) is 0 Å². The van der Waals surface area contributed by atoms with Crippen molar-refractivity contribution >= 4 is 29.8 Å². The molecule has 13 atom stereocenters. The minimum atomic E-state index is -1.20. The number of hydrogen-bond donors (Lipinski definition) is 0. The number of esters is 5. The van der Waals surface area contributed by atoms with Gasteiger partial charge in [-0.3, -0.25) is 19.2 Å². The lowest BCUT2D eigenvalue weighted by molar-refractivity contribution is -0.249. The predicted octanol–water partition coefficient (Wildman–Crippen LogP) is 7.76. The minimum Gasteiger partial charge on any atom is -0.462 e. The van der Waals surface area contributed by atoms with Gasteiger partial charge in [0.2, 0.25) is 6.29 Å². The average molecular weight is 779 g/mol. The van der Waals surface area contributed by atoms with Crippen LogP contribution in [0.15, 0.2) is 30.3 Å². The number of hydrogen-bond acceptors (Lipinski definition) is 11. The predicted molar refractivity (Wildman–Crippen MR) is 203 cm³/mol. The number of fused-ring (bicyclic) bond motifs is 3. The van der Waals surface area contributed by atoms with E-state index in [-0.39, 0.29) is 74.9 Å². The Balaban J connectivity index is 1.20. The van der Waals surface area contributed by atoms with Gasteiger partial charge in [-0.25, -0.2) is 4.79 Å². The van der Waals surface area contributed by atoms with E-state index in [0.29, 0.717) is 18.4 Å². The molecule has 6 fully saturated rings. The topological polar surface area (TPSA) is 141 Å². The molecule has 0 aromatic heterocycles. The second kappa shape index (κ2) is 13.8. The van der Waals surface area contributed by atoms with E-state index >= 15 is 0 Å². The maximum absolute atomic E-state index is 13.3. The van der Waals surface area contributed by atoms with Crippen LogP contribution in [0.2, 0.25) is 0 Å². The molecule has 1 heterocycles. The van der Waals surface area contributed by atoms with Gasteiger partial charge in [0.05, 0.1) is 5.56 Å². The van der Waals surface area contributed by atoms with Gasteiger partial charge in [0, 0.05) is 44.4 Å². The third kappa shape index (κ3) is 6.19. The van der Waals surface area contributed by atoms with E-state index in [1.807, 2.05) is 18.2 Å². The molecule has 1 saturated heterocycles. The van der Waals surface area contributed by atoms with Crippen LogP contribution in [0.4, 0.5) is 0 Å². The molecule has 1 aromatic rings. The van der Waals surface area contributed by atoms with Gasteiger partial charge < -0.3 is 28.4 Å². The summed E-state index contributed by atoms with van der Waals surface area (Å²) in [4.78, 5) is 63.4. The monoisotopic (exact) mass is 778 g/mol. The maximum Gasteiger partial charge on any atom is 0.338 e. The van der Waals surface area contributed by atoms with E-state index < -0.39 is 42.0 Å². The van der Waals surface area contributed by atoms with Crippen LogP contribution in [0.1, 0.15) is 137 Å². The molecule has 11 nitrogen and oxygen atoms in total. The van der Waals surface area contributed by atoms with Crippen molar-refractivity contribution in [2.24, 2.45) is 50.7 Å². The van der Waals surface area contributed by atoms with Crippen LogP contribution in [0.5, 0.6) is 0 Å². The Bertz CT molecular complexity index is 1750. The van der Waals surface area contributed by atoms with Crippen molar-refractivity contribution < 1.29 is 52.4 Å². The molecule has 7 rings (SSSR count). The quantitative estimate of drug-likeness (QED) is 0.179. The molecule has 13 unspecified atom stereocenters. The first-order valence-corrected chi connectivity index (χ1v) is 20.8.